The van der Waals surface area contributed by atoms with Crippen LogP contribution in [0.5, 0.6) is 0 Å². The first-order valence-electron chi connectivity index (χ1n) is 4.90. The maximum atomic E-state index is 4.01. The summed E-state index contributed by atoms with van der Waals surface area (Å²) in [5.74, 6) is 0. The van der Waals surface area contributed by atoms with Crippen molar-refractivity contribution in [3.05, 3.63) is 42.0 Å². The van der Waals surface area contributed by atoms with Gasteiger partial charge in [0, 0.05) is 18.0 Å². The standard InChI is InChI=1S/C12H15NS/c1-10-3-5-12(6-4-10)14-13-8-7-11(2)9-13/h3-6H,2,7-9H2,1H3. The predicted molar refractivity (Wildman–Crippen MR) is 62.4 cm³/mol. The Morgan fingerprint density at radius 2 is 2.00 bits per heavy atom. The fraction of sp³-hybridized carbons (Fsp3) is 0.333. The second kappa shape index (κ2) is 4.20. The summed E-state index contributed by atoms with van der Waals surface area (Å²) in [7, 11) is 0. The van der Waals surface area contributed by atoms with E-state index in [1.165, 1.54) is 16.0 Å². The minimum Gasteiger partial charge on any atom is -0.242 e. The van der Waals surface area contributed by atoms with Crippen molar-refractivity contribution in [2.75, 3.05) is 13.1 Å². The largest absolute Gasteiger partial charge is 0.242 e. The summed E-state index contributed by atoms with van der Waals surface area (Å²) in [6, 6.07) is 8.68. The Kier molecular flexibility index (Phi) is 2.94. The van der Waals surface area contributed by atoms with Crippen LogP contribution in [0.25, 0.3) is 0 Å². The Morgan fingerprint density at radius 3 is 2.57 bits per heavy atom. The SMILES string of the molecule is C=C1CCN(Sc2ccc(C)cc2)C1. The van der Waals surface area contributed by atoms with Gasteiger partial charge in [-0.3, -0.25) is 0 Å². The summed E-state index contributed by atoms with van der Waals surface area (Å²) < 4.78 is 2.37. The zero-order chi connectivity index (χ0) is 9.97. The summed E-state index contributed by atoms with van der Waals surface area (Å²) in [6.45, 7) is 8.30. The first kappa shape index (κ1) is 9.81. The van der Waals surface area contributed by atoms with E-state index in [1.807, 2.05) is 11.9 Å². The first-order chi connectivity index (χ1) is 6.74. The van der Waals surface area contributed by atoms with Crippen LogP contribution in [0.4, 0.5) is 0 Å². The van der Waals surface area contributed by atoms with Crippen LogP contribution in [0.1, 0.15) is 12.0 Å². The summed E-state index contributed by atoms with van der Waals surface area (Å²) in [5, 5.41) is 0. The smallest absolute Gasteiger partial charge is 0.0301 e. The van der Waals surface area contributed by atoms with Crippen LogP contribution in [0.2, 0.25) is 0 Å². The Morgan fingerprint density at radius 1 is 1.29 bits per heavy atom. The molecule has 74 valence electrons. The Labute approximate surface area is 89.9 Å². The molecule has 1 aliphatic rings. The molecule has 0 atom stereocenters. The van der Waals surface area contributed by atoms with Crippen molar-refractivity contribution < 1.29 is 0 Å². The Bertz CT molecular complexity index is 329. The van der Waals surface area contributed by atoms with E-state index in [4.69, 9.17) is 0 Å². The van der Waals surface area contributed by atoms with E-state index < -0.39 is 0 Å². The van der Waals surface area contributed by atoms with E-state index in [2.05, 4.69) is 42.1 Å². The fourth-order valence-corrected chi connectivity index (χ4v) is 2.50. The number of benzene rings is 1. The molecule has 14 heavy (non-hydrogen) atoms. The average molecular weight is 205 g/mol. The summed E-state index contributed by atoms with van der Waals surface area (Å²) >= 11 is 1.84. The van der Waals surface area contributed by atoms with Gasteiger partial charge in [0.2, 0.25) is 0 Å². The van der Waals surface area contributed by atoms with Crippen LogP contribution < -0.4 is 0 Å². The molecular formula is C12H15NS. The van der Waals surface area contributed by atoms with Crippen LogP contribution in [0, 0.1) is 6.92 Å². The monoisotopic (exact) mass is 205 g/mol. The van der Waals surface area contributed by atoms with Gasteiger partial charge >= 0.3 is 0 Å². The molecular weight excluding hydrogens is 190 g/mol. The average Bonchev–Trinajstić information content (AvgIpc) is 2.56. The quantitative estimate of drug-likeness (QED) is 0.538. The molecule has 0 saturated carbocycles. The third-order valence-electron chi connectivity index (χ3n) is 2.37. The lowest BCUT2D eigenvalue weighted by Gasteiger charge is -2.12. The molecule has 0 amide bonds. The van der Waals surface area contributed by atoms with E-state index in [-0.39, 0.29) is 0 Å². The Hall–Kier alpha value is -0.730. The second-order valence-electron chi connectivity index (χ2n) is 3.77. The zero-order valence-electron chi connectivity index (χ0n) is 8.49. The maximum Gasteiger partial charge on any atom is 0.0301 e. The lowest BCUT2D eigenvalue weighted by Crippen LogP contribution is -2.08. The lowest BCUT2D eigenvalue weighted by atomic mass is 10.2. The molecule has 1 aromatic carbocycles. The van der Waals surface area contributed by atoms with Crippen molar-refractivity contribution in [3.63, 3.8) is 0 Å². The van der Waals surface area contributed by atoms with Crippen molar-refractivity contribution in [1.29, 1.82) is 0 Å². The van der Waals surface area contributed by atoms with E-state index in [9.17, 15) is 0 Å². The van der Waals surface area contributed by atoms with Gasteiger partial charge in [0.15, 0.2) is 0 Å². The molecule has 1 nitrogen and oxygen atoms in total. The van der Waals surface area contributed by atoms with E-state index >= 15 is 0 Å². The third-order valence-corrected chi connectivity index (χ3v) is 3.42. The third kappa shape index (κ3) is 2.40. The molecule has 0 N–H and O–H groups in total. The van der Waals surface area contributed by atoms with Crippen LogP contribution in [0.3, 0.4) is 0 Å². The van der Waals surface area contributed by atoms with E-state index in [1.54, 1.807) is 0 Å². The lowest BCUT2D eigenvalue weighted by molar-refractivity contribution is 0.595. The first-order valence-corrected chi connectivity index (χ1v) is 5.67. The number of hydrogen-bond acceptors (Lipinski definition) is 2. The number of nitrogens with zero attached hydrogens (tertiary/aromatic N) is 1. The van der Waals surface area contributed by atoms with Gasteiger partial charge < -0.3 is 0 Å². The van der Waals surface area contributed by atoms with Gasteiger partial charge in [0.25, 0.3) is 0 Å². The number of hydrogen-bond donors (Lipinski definition) is 0. The van der Waals surface area contributed by atoms with Crippen LogP contribution in [-0.2, 0) is 0 Å². The molecule has 2 rings (SSSR count). The summed E-state index contributed by atoms with van der Waals surface area (Å²) in [6.07, 6.45) is 1.15. The van der Waals surface area contributed by atoms with Crippen molar-refractivity contribution in [2.45, 2.75) is 18.2 Å². The van der Waals surface area contributed by atoms with E-state index in [0.29, 0.717) is 0 Å². The molecule has 0 unspecified atom stereocenters. The van der Waals surface area contributed by atoms with Gasteiger partial charge in [-0.2, -0.15) is 0 Å². The maximum absolute atomic E-state index is 4.01. The molecule has 0 aliphatic carbocycles. The van der Waals surface area contributed by atoms with Crippen molar-refractivity contribution >= 4 is 11.9 Å². The highest BCUT2D eigenvalue weighted by Crippen LogP contribution is 2.28. The summed E-state index contributed by atoms with van der Waals surface area (Å²) in [5.41, 5.74) is 2.67. The molecule has 0 radical (unpaired) electrons. The van der Waals surface area contributed by atoms with Gasteiger partial charge in [-0.25, -0.2) is 4.31 Å². The molecule has 1 saturated heterocycles. The Balaban J connectivity index is 1.97. The van der Waals surface area contributed by atoms with Crippen molar-refractivity contribution in [1.82, 2.24) is 4.31 Å². The highest BCUT2D eigenvalue weighted by atomic mass is 32.2. The number of rotatable bonds is 2. The molecule has 1 fully saturated rings. The van der Waals surface area contributed by atoms with E-state index in [0.717, 1.165) is 19.5 Å². The topological polar surface area (TPSA) is 3.24 Å². The van der Waals surface area contributed by atoms with Gasteiger partial charge in [0.1, 0.15) is 0 Å². The molecule has 1 aromatic rings. The zero-order valence-corrected chi connectivity index (χ0v) is 9.31. The van der Waals surface area contributed by atoms with Crippen molar-refractivity contribution in [2.24, 2.45) is 0 Å². The highest BCUT2D eigenvalue weighted by Gasteiger charge is 2.15. The van der Waals surface area contributed by atoms with Gasteiger partial charge in [-0.15, -0.1) is 0 Å². The van der Waals surface area contributed by atoms with Gasteiger partial charge in [-0.1, -0.05) is 29.8 Å². The fourth-order valence-electron chi connectivity index (χ4n) is 1.52. The molecule has 0 bridgehead atoms. The minimum absolute atomic E-state index is 1.04. The van der Waals surface area contributed by atoms with Gasteiger partial charge in [0.05, 0.1) is 0 Å². The predicted octanol–water partition coefficient (Wildman–Crippen LogP) is 3.26. The molecule has 0 aromatic heterocycles. The normalized spacial score (nSPS) is 17.6. The van der Waals surface area contributed by atoms with Crippen molar-refractivity contribution in [3.8, 4) is 0 Å². The summed E-state index contributed by atoms with van der Waals surface area (Å²) in [4.78, 5) is 1.32. The minimum atomic E-state index is 1.04. The van der Waals surface area contributed by atoms with Gasteiger partial charge in [-0.05, 0) is 37.4 Å². The molecule has 2 heteroatoms. The molecule has 0 spiro atoms. The molecule has 1 heterocycles. The highest BCUT2D eigenvalue weighted by molar-refractivity contribution is 7.97. The molecule has 1 aliphatic heterocycles. The number of aryl methyl sites for hydroxylation is 1. The van der Waals surface area contributed by atoms with Crippen LogP contribution in [0.15, 0.2) is 41.3 Å². The van der Waals surface area contributed by atoms with Crippen LogP contribution in [-0.4, -0.2) is 17.4 Å². The van der Waals surface area contributed by atoms with Crippen LogP contribution >= 0.6 is 11.9 Å². The second-order valence-corrected chi connectivity index (χ2v) is 4.94.